The van der Waals surface area contributed by atoms with Gasteiger partial charge >= 0.3 is 0 Å². The fraction of sp³-hybridized carbons (Fsp3) is 1.00. The highest BCUT2D eigenvalue weighted by Gasteiger charge is 2.33. The summed E-state index contributed by atoms with van der Waals surface area (Å²) in [5.41, 5.74) is 0. The monoisotopic (exact) mass is 225 g/mol. The van der Waals surface area contributed by atoms with E-state index in [-0.39, 0.29) is 6.10 Å². The summed E-state index contributed by atoms with van der Waals surface area (Å²) in [7, 11) is 0. The predicted molar refractivity (Wildman–Crippen MR) is 67.4 cm³/mol. The van der Waals surface area contributed by atoms with Crippen molar-refractivity contribution in [1.29, 1.82) is 0 Å². The fourth-order valence-corrected chi connectivity index (χ4v) is 3.58. The quantitative estimate of drug-likeness (QED) is 0.798. The third-order valence-corrected chi connectivity index (χ3v) is 4.87. The van der Waals surface area contributed by atoms with Gasteiger partial charge in [-0.2, -0.15) is 0 Å². The van der Waals surface area contributed by atoms with Crippen LogP contribution in [0.3, 0.4) is 0 Å². The van der Waals surface area contributed by atoms with E-state index in [1.807, 2.05) is 0 Å². The van der Waals surface area contributed by atoms with Gasteiger partial charge in [0, 0.05) is 12.6 Å². The molecule has 0 amide bonds. The average molecular weight is 225 g/mol. The van der Waals surface area contributed by atoms with Crippen molar-refractivity contribution >= 4 is 0 Å². The van der Waals surface area contributed by atoms with Crippen molar-refractivity contribution in [2.24, 2.45) is 11.8 Å². The maximum absolute atomic E-state index is 9.93. The second-order valence-corrected chi connectivity index (χ2v) is 5.80. The topological polar surface area (TPSA) is 23.5 Å². The molecule has 2 nitrogen and oxygen atoms in total. The maximum Gasteiger partial charge on any atom is 0.0690 e. The first-order valence-electron chi connectivity index (χ1n) is 7.14. The molecular formula is C14H27NO. The lowest BCUT2D eigenvalue weighted by Gasteiger charge is -2.44. The number of nitrogens with zero attached hydrogens (tertiary/aromatic N) is 1. The molecule has 0 aromatic rings. The molecule has 1 aliphatic carbocycles. The first kappa shape index (κ1) is 12.4. The molecule has 1 saturated heterocycles. The summed E-state index contributed by atoms with van der Waals surface area (Å²) >= 11 is 0. The summed E-state index contributed by atoms with van der Waals surface area (Å²) in [6.45, 7) is 6.72. The van der Waals surface area contributed by atoms with Gasteiger partial charge in [-0.1, -0.05) is 26.2 Å². The van der Waals surface area contributed by atoms with Crippen LogP contribution in [-0.2, 0) is 0 Å². The normalized spacial score (nSPS) is 35.4. The van der Waals surface area contributed by atoms with Crippen LogP contribution in [0.4, 0.5) is 0 Å². The summed E-state index contributed by atoms with van der Waals surface area (Å²) in [4.78, 5) is 2.53. The maximum atomic E-state index is 9.93. The Bertz CT molecular complexity index is 219. The van der Waals surface area contributed by atoms with Crippen molar-refractivity contribution in [2.45, 2.75) is 64.5 Å². The molecule has 1 N–H and O–H groups in total. The molecular weight excluding hydrogens is 198 g/mol. The van der Waals surface area contributed by atoms with Crippen LogP contribution in [0.5, 0.6) is 0 Å². The Kier molecular flexibility index (Phi) is 4.26. The molecule has 0 bridgehead atoms. The molecule has 16 heavy (non-hydrogen) atoms. The smallest absolute Gasteiger partial charge is 0.0690 e. The van der Waals surface area contributed by atoms with Crippen LogP contribution in [0.1, 0.15) is 52.4 Å². The van der Waals surface area contributed by atoms with E-state index in [2.05, 4.69) is 18.7 Å². The molecule has 2 heteroatoms. The van der Waals surface area contributed by atoms with Gasteiger partial charge in [-0.25, -0.2) is 0 Å². The summed E-state index contributed by atoms with van der Waals surface area (Å²) in [5.74, 6) is 1.92. The molecule has 4 unspecified atom stereocenters. The number of aliphatic hydroxyl groups is 1. The molecule has 4 atom stereocenters. The Balaban J connectivity index is 1.89. The van der Waals surface area contributed by atoms with Crippen LogP contribution in [-0.4, -0.2) is 35.2 Å². The van der Waals surface area contributed by atoms with Crippen LogP contribution in [0.25, 0.3) is 0 Å². The van der Waals surface area contributed by atoms with Crippen molar-refractivity contribution in [2.75, 3.05) is 13.1 Å². The average Bonchev–Trinajstić information content (AvgIpc) is 2.36. The van der Waals surface area contributed by atoms with Gasteiger partial charge in [0.05, 0.1) is 6.10 Å². The van der Waals surface area contributed by atoms with Gasteiger partial charge in [-0.3, -0.25) is 4.90 Å². The summed E-state index contributed by atoms with van der Waals surface area (Å²) in [6.07, 6.45) is 7.88. The zero-order valence-electron chi connectivity index (χ0n) is 10.9. The minimum atomic E-state index is -0.139. The van der Waals surface area contributed by atoms with Crippen LogP contribution in [0, 0.1) is 11.8 Å². The fourth-order valence-electron chi connectivity index (χ4n) is 3.58. The van der Waals surface area contributed by atoms with Gasteiger partial charge in [0.25, 0.3) is 0 Å². The zero-order chi connectivity index (χ0) is 11.5. The lowest BCUT2D eigenvalue weighted by atomic mass is 9.75. The van der Waals surface area contributed by atoms with Gasteiger partial charge < -0.3 is 5.11 Å². The number of hydrogen-bond donors (Lipinski definition) is 1. The van der Waals surface area contributed by atoms with E-state index >= 15 is 0 Å². The van der Waals surface area contributed by atoms with Crippen LogP contribution < -0.4 is 0 Å². The number of piperidine rings is 1. The van der Waals surface area contributed by atoms with Crippen molar-refractivity contribution < 1.29 is 5.11 Å². The highest BCUT2D eigenvalue weighted by molar-refractivity contribution is 4.86. The molecule has 0 aromatic heterocycles. The zero-order valence-corrected chi connectivity index (χ0v) is 10.9. The van der Waals surface area contributed by atoms with Gasteiger partial charge in [-0.15, -0.1) is 0 Å². The molecule has 2 aliphatic rings. The van der Waals surface area contributed by atoms with Crippen molar-refractivity contribution in [1.82, 2.24) is 4.90 Å². The van der Waals surface area contributed by atoms with Gasteiger partial charge in [-0.05, 0) is 44.6 Å². The van der Waals surface area contributed by atoms with Crippen LogP contribution in [0.15, 0.2) is 0 Å². The van der Waals surface area contributed by atoms with Crippen LogP contribution in [0.2, 0.25) is 0 Å². The molecule has 1 saturated carbocycles. The predicted octanol–water partition coefficient (Wildman–Crippen LogP) is 2.66. The van der Waals surface area contributed by atoms with Crippen molar-refractivity contribution in [3.8, 4) is 0 Å². The van der Waals surface area contributed by atoms with E-state index in [1.165, 1.54) is 45.2 Å². The lowest BCUT2D eigenvalue weighted by molar-refractivity contribution is 0.00509. The standard InChI is InChI=1S/C14H27NO/c1-3-14(16)11(2)15-9-8-12-6-4-5-7-13(12)10-15/h11-14,16H,3-10H2,1-2H3. The molecule has 2 rings (SSSR count). The molecule has 0 aromatic carbocycles. The number of rotatable bonds is 3. The SMILES string of the molecule is CCC(O)C(C)N1CCC2CCCCC2C1. The van der Waals surface area contributed by atoms with Gasteiger partial charge in [0.2, 0.25) is 0 Å². The Labute approximate surface area is 100 Å². The van der Waals surface area contributed by atoms with E-state index < -0.39 is 0 Å². The Morgan fingerprint density at radius 3 is 2.56 bits per heavy atom. The molecule has 2 fully saturated rings. The number of fused-ring (bicyclic) bond motifs is 1. The van der Waals surface area contributed by atoms with Crippen molar-refractivity contribution in [3.05, 3.63) is 0 Å². The minimum Gasteiger partial charge on any atom is -0.392 e. The molecule has 1 heterocycles. The summed E-state index contributed by atoms with van der Waals surface area (Å²) in [6, 6.07) is 0.355. The lowest BCUT2D eigenvalue weighted by Crippen LogP contribution is -2.49. The van der Waals surface area contributed by atoms with Gasteiger partial charge in [0.15, 0.2) is 0 Å². The largest absolute Gasteiger partial charge is 0.392 e. The summed E-state index contributed by atoms with van der Waals surface area (Å²) in [5, 5.41) is 9.93. The van der Waals surface area contributed by atoms with E-state index in [4.69, 9.17) is 0 Å². The number of aliphatic hydroxyl groups excluding tert-OH is 1. The second-order valence-electron chi connectivity index (χ2n) is 5.80. The number of hydrogen-bond acceptors (Lipinski definition) is 2. The third kappa shape index (κ3) is 2.60. The Morgan fingerprint density at radius 1 is 1.19 bits per heavy atom. The molecule has 0 spiro atoms. The number of likely N-dealkylation sites (tertiary alicyclic amines) is 1. The van der Waals surface area contributed by atoms with Crippen molar-refractivity contribution in [3.63, 3.8) is 0 Å². The Morgan fingerprint density at radius 2 is 1.88 bits per heavy atom. The third-order valence-electron chi connectivity index (χ3n) is 4.87. The van der Waals surface area contributed by atoms with E-state index in [9.17, 15) is 5.11 Å². The van der Waals surface area contributed by atoms with E-state index in [0.717, 1.165) is 18.3 Å². The highest BCUT2D eigenvalue weighted by atomic mass is 16.3. The van der Waals surface area contributed by atoms with E-state index in [0.29, 0.717) is 6.04 Å². The first-order chi connectivity index (χ1) is 7.72. The van der Waals surface area contributed by atoms with Crippen LogP contribution >= 0.6 is 0 Å². The molecule has 0 radical (unpaired) electrons. The molecule has 1 aliphatic heterocycles. The summed E-state index contributed by atoms with van der Waals surface area (Å²) < 4.78 is 0. The minimum absolute atomic E-state index is 0.139. The molecule has 94 valence electrons. The first-order valence-corrected chi connectivity index (χ1v) is 7.14. The Hall–Kier alpha value is -0.0800. The second kappa shape index (κ2) is 5.50. The van der Waals surface area contributed by atoms with E-state index in [1.54, 1.807) is 0 Å². The highest BCUT2D eigenvalue weighted by Crippen LogP contribution is 2.36. The van der Waals surface area contributed by atoms with Gasteiger partial charge in [0.1, 0.15) is 0 Å².